The third-order valence-corrected chi connectivity index (χ3v) is 8.12. The van der Waals surface area contributed by atoms with Gasteiger partial charge in [-0.3, -0.25) is 4.90 Å². The number of halogens is 1. The molecular weight excluding hydrogens is 444 g/mol. The van der Waals surface area contributed by atoms with Crippen LogP contribution < -0.4 is 5.48 Å². The summed E-state index contributed by atoms with van der Waals surface area (Å²) in [6, 6.07) is -0.308. The molecule has 1 aliphatic carbocycles. The van der Waals surface area contributed by atoms with E-state index >= 15 is 0 Å². The van der Waals surface area contributed by atoms with Crippen molar-refractivity contribution in [3.05, 3.63) is 69.7 Å². The fourth-order valence-electron chi connectivity index (χ4n) is 4.36. The van der Waals surface area contributed by atoms with E-state index in [1.54, 1.807) is 4.90 Å². The van der Waals surface area contributed by atoms with Crippen LogP contribution >= 0.6 is 11.6 Å². The number of ether oxygens (including phenoxy) is 1. The molecule has 0 aromatic heterocycles. The van der Waals surface area contributed by atoms with Crippen molar-refractivity contribution in [3.8, 4) is 0 Å². The van der Waals surface area contributed by atoms with Gasteiger partial charge in [0.25, 0.3) is 0 Å². The maximum absolute atomic E-state index is 13.3. The Labute approximate surface area is 185 Å². The van der Waals surface area contributed by atoms with Crippen LogP contribution in [0.2, 0.25) is 0 Å². The zero-order valence-electron chi connectivity index (χ0n) is 16.7. The van der Waals surface area contributed by atoms with E-state index in [2.05, 4.69) is 5.48 Å². The standard InChI is InChI=1S/C20H21ClN4O5S/c1-13-2-3-16-14(10-13)12-29-20(26)24(16)15-6-8-23(9-7-15)31(27,28)18-4-5-19(21)25-17(18)11-22-30-25/h2-5,10-12,15-16,22H,6-9H2,1H3. The normalized spacial score (nSPS) is 26.7. The van der Waals surface area contributed by atoms with Crippen LogP contribution in [0, 0.1) is 0 Å². The van der Waals surface area contributed by atoms with Gasteiger partial charge >= 0.3 is 6.09 Å². The summed E-state index contributed by atoms with van der Waals surface area (Å²) in [4.78, 5) is 19.5. The SMILES string of the molecule is CC1=CC2=COC(=O)N(C3CCN(S(=O)(=O)C4=CC=C(Cl)N5ONC=C45)CC3)C2C=C1. The monoisotopic (exact) mass is 464 g/mol. The highest BCUT2D eigenvalue weighted by molar-refractivity contribution is 7.93. The average Bonchev–Trinajstić information content (AvgIpc) is 3.25. The van der Waals surface area contributed by atoms with E-state index in [-0.39, 0.29) is 35.2 Å². The zero-order valence-corrected chi connectivity index (χ0v) is 18.3. The van der Waals surface area contributed by atoms with Crippen LogP contribution in [0.3, 0.4) is 0 Å². The lowest BCUT2D eigenvalue weighted by molar-refractivity contribution is -0.117. The van der Waals surface area contributed by atoms with Crippen molar-refractivity contribution in [2.45, 2.75) is 31.8 Å². The molecule has 0 aromatic carbocycles. The van der Waals surface area contributed by atoms with E-state index in [1.165, 1.54) is 34.0 Å². The van der Waals surface area contributed by atoms with Gasteiger partial charge in [-0.1, -0.05) is 35.4 Å². The largest absolute Gasteiger partial charge is 0.418 e. The van der Waals surface area contributed by atoms with Crippen molar-refractivity contribution in [3.63, 3.8) is 0 Å². The first-order chi connectivity index (χ1) is 14.9. The van der Waals surface area contributed by atoms with E-state index in [1.807, 2.05) is 25.2 Å². The number of fused-ring (bicyclic) bond motifs is 2. The molecule has 1 saturated heterocycles. The number of sulfonamides is 1. The number of allylic oxidation sites excluding steroid dienone is 4. The number of hydroxylamine groups is 3. The maximum Gasteiger partial charge on any atom is 0.415 e. The van der Waals surface area contributed by atoms with Crippen molar-refractivity contribution < 1.29 is 22.9 Å². The number of hydrogen-bond donors (Lipinski definition) is 1. The summed E-state index contributed by atoms with van der Waals surface area (Å²) in [6.07, 6.45) is 12.5. The second kappa shape index (κ2) is 7.56. The van der Waals surface area contributed by atoms with Gasteiger partial charge in [0.15, 0.2) is 0 Å². The van der Waals surface area contributed by atoms with E-state index in [4.69, 9.17) is 21.3 Å². The topological polar surface area (TPSA) is 91.4 Å². The molecule has 1 unspecified atom stereocenters. The Kier molecular flexibility index (Phi) is 4.97. The molecule has 164 valence electrons. The summed E-state index contributed by atoms with van der Waals surface area (Å²) >= 11 is 6.07. The number of amides is 1. The second-order valence-electron chi connectivity index (χ2n) is 7.79. The molecule has 11 heteroatoms. The molecule has 5 rings (SSSR count). The van der Waals surface area contributed by atoms with Gasteiger partial charge in [0.2, 0.25) is 10.0 Å². The van der Waals surface area contributed by atoms with E-state index in [9.17, 15) is 13.2 Å². The van der Waals surface area contributed by atoms with Crippen LogP contribution in [-0.2, 0) is 19.7 Å². The Morgan fingerprint density at radius 3 is 2.77 bits per heavy atom. The van der Waals surface area contributed by atoms with E-state index < -0.39 is 16.1 Å². The minimum Gasteiger partial charge on any atom is -0.418 e. The summed E-state index contributed by atoms with van der Waals surface area (Å²) < 4.78 is 33.3. The van der Waals surface area contributed by atoms with Crippen LogP contribution in [0.25, 0.3) is 0 Å². The average molecular weight is 465 g/mol. The highest BCUT2D eigenvalue weighted by atomic mass is 35.5. The highest BCUT2D eigenvalue weighted by Gasteiger charge is 2.42. The van der Waals surface area contributed by atoms with Gasteiger partial charge in [0, 0.05) is 24.7 Å². The summed E-state index contributed by atoms with van der Waals surface area (Å²) in [6.45, 7) is 2.57. The first-order valence-electron chi connectivity index (χ1n) is 9.92. The van der Waals surface area contributed by atoms with Gasteiger partial charge in [-0.25, -0.2) is 18.7 Å². The van der Waals surface area contributed by atoms with Crippen molar-refractivity contribution in [2.24, 2.45) is 0 Å². The van der Waals surface area contributed by atoms with Crippen molar-refractivity contribution in [1.82, 2.24) is 19.7 Å². The summed E-state index contributed by atoms with van der Waals surface area (Å²) in [7, 11) is -3.77. The summed E-state index contributed by atoms with van der Waals surface area (Å²) in [5.41, 5.74) is 4.87. The van der Waals surface area contributed by atoms with Gasteiger partial charge in [0.1, 0.15) is 22.0 Å². The minimum absolute atomic E-state index is 0.110. The molecule has 1 atom stereocenters. The summed E-state index contributed by atoms with van der Waals surface area (Å²) in [5, 5.41) is 1.48. The molecule has 5 aliphatic rings. The van der Waals surface area contributed by atoms with Crippen LogP contribution in [0.5, 0.6) is 0 Å². The molecule has 1 fully saturated rings. The molecule has 0 aromatic rings. The van der Waals surface area contributed by atoms with Gasteiger partial charge in [-0.15, -0.1) is 0 Å². The second-order valence-corrected chi connectivity index (χ2v) is 10.1. The number of nitrogens with zero attached hydrogens (tertiary/aromatic N) is 3. The fourth-order valence-corrected chi connectivity index (χ4v) is 6.17. The lowest BCUT2D eigenvalue weighted by Gasteiger charge is -2.43. The Balaban J connectivity index is 1.32. The van der Waals surface area contributed by atoms with Crippen LogP contribution in [0.15, 0.2) is 69.7 Å². The number of hydrogen-bond acceptors (Lipinski definition) is 7. The van der Waals surface area contributed by atoms with Gasteiger partial charge in [0.05, 0.1) is 12.2 Å². The lowest BCUT2D eigenvalue weighted by Crippen LogP contribution is -2.54. The first-order valence-corrected chi connectivity index (χ1v) is 11.7. The number of nitrogens with one attached hydrogen (secondary N) is 1. The first kappa shape index (κ1) is 20.4. The molecule has 1 amide bonds. The number of carbonyl (C=O) groups is 1. The van der Waals surface area contributed by atoms with Gasteiger partial charge in [-0.05, 0) is 31.9 Å². The van der Waals surface area contributed by atoms with Gasteiger partial charge < -0.3 is 4.74 Å². The molecule has 4 heterocycles. The molecule has 9 nitrogen and oxygen atoms in total. The lowest BCUT2D eigenvalue weighted by atomic mass is 9.94. The van der Waals surface area contributed by atoms with Gasteiger partial charge in [-0.2, -0.15) is 14.3 Å². The van der Waals surface area contributed by atoms with Crippen LogP contribution in [-0.4, -0.2) is 54.0 Å². The summed E-state index contributed by atoms with van der Waals surface area (Å²) in [5.74, 6) is 0. The number of rotatable bonds is 3. The molecular formula is C20H21ClN4O5S. The van der Waals surface area contributed by atoms with E-state index in [0.29, 0.717) is 18.5 Å². The molecule has 0 radical (unpaired) electrons. The highest BCUT2D eigenvalue weighted by Crippen LogP contribution is 2.36. The number of piperidine rings is 1. The fraction of sp³-hybridized carbons (Fsp3) is 0.350. The molecule has 1 N–H and O–H groups in total. The predicted molar refractivity (Wildman–Crippen MR) is 113 cm³/mol. The molecule has 4 aliphatic heterocycles. The number of cyclic esters (lactones) is 1. The zero-order chi connectivity index (χ0) is 21.8. The quantitative estimate of drug-likeness (QED) is 0.642. The van der Waals surface area contributed by atoms with Crippen LogP contribution in [0.1, 0.15) is 19.8 Å². The predicted octanol–water partition coefficient (Wildman–Crippen LogP) is 2.57. The molecule has 31 heavy (non-hydrogen) atoms. The Morgan fingerprint density at radius 2 is 2.00 bits per heavy atom. The number of carbonyl (C=O) groups excluding carboxylic acids is 1. The third kappa shape index (κ3) is 3.39. The van der Waals surface area contributed by atoms with Crippen molar-refractivity contribution >= 4 is 27.7 Å². The molecule has 0 saturated carbocycles. The van der Waals surface area contributed by atoms with Crippen molar-refractivity contribution in [1.29, 1.82) is 0 Å². The smallest absolute Gasteiger partial charge is 0.415 e. The Morgan fingerprint density at radius 1 is 1.23 bits per heavy atom. The van der Waals surface area contributed by atoms with Crippen molar-refractivity contribution in [2.75, 3.05) is 13.1 Å². The van der Waals surface area contributed by atoms with Crippen LogP contribution in [0.4, 0.5) is 4.79 Å². The maximum atomic E-state index is 13.3. The molecule has 0 spiro atoms. The minimum atomic E-state index is -3.77. The molecule has 0 bridgehead atoms. The Bertz CT molecular complexity index is 1110. The third-order valence-electron chi connectivity index (χ3n) is 5.90. The Hall–Kier alpha value is -2.53. The van der Waals surface area contributed by atoms with E-state index in [0.717, 1.165) is 11.1 Å².